The molecule has 0 aliphatic heterocycles. The molecule has 0 rings (SSSR count). The topological polar surface area (TPSA) is 35.5 Å². The van der Waals surface area contributed by atoms with Crippen LogP contribution in [0.5, 0.6) is 0 Å². The van der Waals surface area contributed by atoms with Crippen molar-refractivity contribution in [3.63, 3.8) is 0 Å². The zero-order valence-electron chi connectivity index (χ0n) is 7.80. The Balaban J connectivity index is 3.32. The van der Waals surface area contributed by atoms with Gasteiger partial charge in [0.05, 0.1) is 6.10 Å². The molecule has 2 N–H and O–H groups in total. The maximum Gasteiger partial charge on any atom is 0.0791 e. The van der Waals surface area contributed by atoms with Gasteiger partial charge in [-0.2, -0.15) is 0 Å². The highest BCUT2D eigenvalue weighted by molar-refractivity contribution is 4.62. The third-order valence-corrected chi connectivity index (χ3v) is 1.57. The fraction of sp³-hybridized carbons (Fsp3) is 1.00. The maximum absolute atomic E-state index is 9.34. The van der Waals surface area contributed by atoms with E-state index in [2.05, 4.69) is 17.1 Å². The highest BCUT2D eigenvalue weighted by Gasteiger charge is 2.04. The molecule has 11 heavy (non-hydrogen) atoms. The number of hydrogen-bond acceptors (Lipinski definition) is 3. The second kappa shape index (κ2) is 6.58. The van der Waals surface area contributed by atoms with Crippen LogP contribution in [0.1, 0.15) is 13.3 Å². The van der Waals surface area contributed by atoms with Crippen molar-refractivity contribution in [3.05, 3.63) is 0 Å². The van der Waals surface area contributed by atoms with Gasteiger partial charge in [0, 0.05) is 13.1 Å². The van der Waals surface area contributed by atoms with Crippen molar-refractivity contribution in [2.24, 2.45) is 0 Å². The molecular formula is C8H20N2O. The number of nitrogens with one attached hydrogen (secondary N) is 1. The third kappa shape index (κ3) is 6.28. The quantitative estimate of drug-likeness (QED) is 0.570. The minimum Gasteiger partial charge on any atom is -0.390 e. The van der Waals surface area contributed by atoms with Gasteiger partial charge in [-0.05, 0) is 27.1 Å². The Morgan fingerprint density at radius 2 is 2.18 bits per heavy atom. The van der Waals surface area contributed by atoms with Gasteiger partial charge in [0.25, 0.3) is 0 Å². The van der Waals surface area contributed by atoms with Crippen LogP contribution in [0.4, 0.5) is 0 Å². The summed E-state index contributed by atoms with van der Waals surface area (Å²) in [5.74, 6) is 0. The Morgan fingerprint density at radius 3 is 2.64 bits per heavy atom. The molecule has 0 fully saturated rings. The molecule has 0 saturated carbocycles. The van der Waals surface area contributed by atoms with E-state index in [0.717, 1.165) is 19.5 Å². The third-order valence-electron chi connectivity index (χ3n) is 1.57. The second-order valence-corrected chi connectivity index (χ2v) is 2.97. The van der Waals surface area contributed by atoms with Crippen molar-refractivity contribution >= 4 is 0 Å². The van der Waals surface area contributed by atoms with Crippen LogP contribution in [0, 0.1) is 0 Å². The van der Waals surface area contributed by atoms with Gasteiger partial charge in [0.1, 0.15) is 0 Å². The molecule has 0 saturated heterocycles. The zero-order chi connectivity index (χ0) is 8.69. The predicted octanol–water partition coefficient (Wildman–Crippen LogP) is -0.0915. The van der Waals surface area contributed by atoms with Gasteiger partial charge >= 0.3 is 0 Å². The molecule has 0 aliphatic rings. The smallest absolute Gasteiger partial charge is 0.0791 e. The molecule has 0 radical (unpaired) electrons. The Labute approximate surface area is 69.4 Å². The molecule has 3 nitrogen and oxygen atoms in total. The lowest BCUT2D eigenvalue weighted by atomic mass is 10.3. The first-order valence-corrected chi connectivity index (χ1v) is 4.22. The summed E-state index contributed by atoms with van der Waals surface area (Å²) in [7, 11) is 3.88. The number of hydrogen-bond donors (Lipinski definition) is 2. The Hall–Kier alpha value is -0.120. The summed E-state index contributed by atoms with van der Waals surface area (Å²) in [4.78, 5) is 2.14. The van der Waals surface area contributed by atoms with Crippen LogP contribution >= 0.6 is 0 Å². The lowest BCUT2D eigenvalue weighted by Crippen LogP contribution is -2.35. The molecule has 0 spiro atoms. The SMILES string of the molecule is CCCN(C)CC(O)CNC. The van der Waals surface area contributed by atoms with E-state index in [-0.39, 0.29) is 6.10 Å². The molecule has 0 bridgehead atoms. The van der Waals surface area contributed by atoms with Gasteiger partial charge in [0.15, 0.2) is 0 Å². The van der Waals surface area contributed by atoms with E-state index in [0.29, 0.717) is 6.54 Å². The lowest BCUT2D eigenvalue weighted by Gasteiger charge is -2.19. The summed E-state index contributed by atoms with van der Waals surface area (Å²) in [6.07, 6.45) is 0.902. The van der Waals surface area contributed by atoms with Gasteiger partial charge in [-0.25, -0.2) is 0 Å². The van der Waals surface area contributed by atoms with E-state index in [1.807, 2.05) is 14.1 Å². The number of likely N-dealkylation sites (N-methyl/N-ethyl adjacent to an activating group) is 2. The Bertz CT molecular complexity index is 78.2. The van der Waals surface area contributed by atoms with Crippen molar-refractivity contribution in [1.29, 1.82) is 0 Å². The number of rotatable bonds is 6. The number of aliphatic hydroxyl groups is 1. The predicted molar refractivity (Wildman–Crippen MR) is 47.7 cm³/mol. The van der Waals surface area contributed by atoms with Gasteiger partial charge in [-0.15, -0.1) is 0 Å². The van der Waals surface area contributed by atoms with Gasteiger partial charge < -0.3 is 15.3 Å². The van der Waals surface area contributed by atoms with E-state index >= 15 is 0 Å². The van der Waals surface area contributed by atoms with E-state index < -0.39 is 0 Å². The Kier molecular flexibility index (Phi) is 6.51. The number of aliphatic hydroxyl groups excluding tert-OH is 1. The molecule has 1 atom stereocenters. The molecule has 1 unspecified atom stereocenters. The Morgan fingerprint density at radius 1 is 1.55 bits per heavy atom. The van der Waals surface area contributed by atoms with E-state index in [4.69, 9.17) is 0 Å². The molecule has 0 aromatic heterocycles. The lowest BCUT2D eigenvalue weighted by molar-refractivity contribution is 0.126. The van der Waals surface area contributed by atoms with Crippen molar-refractivity contribution in [1.82, 2.24) is 10.2 Å². The summed E-state index contributed by atoms with van der Waals surface area (Å²) >= 11 is 0. The van der Waals surface area contributed by atoms with E-state index in [9.17, 15) is 5.11 Å². The first-order valence-electron chi connectivity index (χ1n) is 4.22. The summed E-state index contributed by atoms with van der Waals surface area (Å²) in [5.41, 5.74) is 0. The highest BCUT2D eigenvalue weighted by atomic mass is 16.3. The minimum absolute atomic E-state index is 0.239. The monoisotopic (exact) mass is 160 g/mol. The first kappa shape index (κ1) is 10.9. The van der Waals surface area contributed by atoms with Crippen LogP contribution in [0.15, 0.2) is 0 Å². The van der Waals surface area contributed by atoms with Crippen LogP contribution in [-0.2, 0) is 0 Å². The molecule has 68 valence electrons. The molecule has 0 aliphatic carbocycles. The molecule has 0 aromatic rings. The molecule has 0 aromatic carbocycles. The molecule has 0 heterocycles. The minimum atomic E-state index is -0.239. The van der Waals surface area contributed by atoms with Crippen LogP contribution in [0.3, 0.4) is 0 Å². The normalized spacial score (nSPS) is 13.9. The number of nitrogens with zero attached hydrogens (tertiary/aromatic N) is 1. The van der Waals surface area contributed by atoms with Crippen LogP contribution in [-0.4, -0.2) is 49.8 Å². The zero-order valence-corrected chi connectivity index (χ0v) is 7.80. The maximum atomic E-state index is 9.34. The summed E-state index contributed by atoms with van der Waals surface area (Å²) in [6, 6.07) is 0. The largest absolute Gasteiger partial charge is 0.390 e. The van der Waals surface area contributed by atoms with Crippen molar-refractivity contribution in [2.75, 3.05) is 33.7 Å². The van der Waals surface area contributed by atoms with Gasteiger partial charge in [-0.3, -0.25) is 0 Å². The fourth-order valence-corrected chi connectivity index (χ4v) is 1.13. The summed E-state index contributed by atoms with van der Waals surface area (Å²) < 4.78 is 0. The van der Waals surface area contributed by atoms with Crippen LogP contribution in [0.2, 0.25) is 0 Å². The van der Waals surface area contributed by atoms with E-state index in [1.54, 1.807) is 0 Å². The van der Waals surface area contributed by atoms with Gasteiger partial charge in [-0.1, -0.05) is 6.92 Å². The average molecular weight is 160 g/mol. The molecule has 0 amide bonds. The van der Waals surface area contributed by atoms with Gasteiger partial charge in [0.2, 0.25) is 0 Å². The van der Waals surface area contributed by atoms with E-state index in [1.165, 1.54) is 0 Å². The standard InChI is InChI=1S/C8H20N2O/c1-4-5-10(3)7-8(11)6-9-2/h8-9,11H,4-7H2,1-3H3. The molecule has 3 heteroatoms. The fourth-order valence-electron chi connectivity index (χ4n) is 1.13. The summed E-state index contributed by atoms with van der Waals surface area (Å²) in [5, 5.41) is 12.3. The van der Waals surface area contributed by atoms with Crippen LogP contribution < -0.4 is 5.32 Å². The first-order chi connectivity index (χ1) is 5.20. The highest BCUT2D eigenvalue weighted by Crippen LogP contribution is 1.89. The van der Waals surface area contributed by atoms with Crippen LogP contribution in [0.25, 0.3) is 0 Å². The molecular weight excluding hydrogens is 140 g/mol. The summed E-state index contributed by atoms with van der Waals surface area (Å²) in [6.45, 7) is 4.63. The van der Waals surface area contributed by atoms with Crippen molar-refractivity contribution < 1.29 is 5.11 Å². The second-order valence-electron chi connectivity index (χ2n) is 2.97. The average Bonchev–Trinajstić information content (AvgIpc) is 1.87. The van der Waals surface area contributed by atoms with Crippen molar-refractivity contribution in [3.8, 4) is 0 Å². The van der Waals surface area contributed by atoms with Crippen molar-refractivity contribution in [2.45, 2.75) is 19.4 Å².